The lowest BCUT2D eigenvalue weighted by atomic mass is 10.2. The van der Waals surface area contributed by atoms with Crippen molar-refractivity contribution in [2.45, 2.75) is 24.5 Å². The molecular weight excluding hydrogens is 162 g/mol. The highest BCUT2D eigenvalue weighted by atomic mass is 32.2. The van der Waals surface area contributed by atoms with Gasteiger partial charge in [0.05, 0.1) is 0 Å². The lowest BCUT2D eigenvalue weighted by molar-refractivity contribution is 0.190. The Morgan fingerprint density at radius 2 is 2.09 bits per heavy atom. The zero-order valence-corrected chi connectivity index (χ0v) is 7.10. The lowest BCUT2D eigenvalue weighted by Crippen LogP contribution is -2.45. The molecule has 1 unspecified atom stereocenters. The van der Waals surface area contributed by atoms with Gasteiger partial charge in [-0.3, -0.25) is 4.90 Å². The maximum Gasteiger partial charge on any atom is 0.429 e. The summed E-state index contributed by atoms with van der Waals surface area (Å²) >= 11 is -1.20. The van der Waals surface area contributed by atoms with Gasteiger partial charge in [-0.2, -0.15) is 0 Å². The van der Waals surface area contributed by atoms with Gasteiger partial charge in [0.25, 0.3) is 0 Å². The SMILES string of the molecule is O=C(N1CCC1)[S+]([O-])C1CC1. The van der Waals surface area contributed by atoms with Crippen molar-refractivity contribution >= 4 is 16.4 Å². The standard InChI is InChI=1S/C7H11NO2S/c9-7(8-4-1-5-8)11(10)6-2-3-6/h6H,1-5H2. The average molecular weight is 173 g/mol. The molecule has 11 heavy (non-hydrogen) atoms. The minimum Gasteiger partial charge on any atom is -0.607 e. The van der Waals surface area contributed by atoms with Gasteiger partial charge in [0, 0.05) is 37.1 Å². The summed E-state index contributed by atoms with van der Waals surface area (Å²) in [6, 6.07) is 0. The normalized spacial score (nSPS) is 26.1. The molecule has 0 aromatic heterocycles. The first-order chi connectivity index (χ1) is 5.29. The molecule has 1 aliphatic heterocycles. The second kappa shape index (κ2) is 2.68. The van der Waals surface area contributed by atoms with E-state index in [4.69, 9.17) is 0 Å². The highest BCUT2D eigenvalue weighted by molar-refractivity contribution is 8.06. The van der Waals surface area contributed by atoms with E-state index >= 15 is 0 Å². The van der Waals surface area contributed by atoms with Crippen LogP contribution in [0.3, 0.4) is 0 Å². The van der Waals surface area contributed by atoms with Crippen LogP contribution in [0.15, 0.2) is 0 Å². The maximum absolute atomic E-state index is 11.3. The van der Waals surface area contributed by atoms with Gasteiger partial charge in [0.1, 0.15) is 5.25 Å². The molecule has 1 saturated carbocycles. The zero-order valence-electron chi connectivity index (χ0n) is 6.28. The summed E-state index contributed by atoms with van der Waals surface area (Å²) in [5.41, 5.74) is 0. The van der Waals surface area contributed by atoms with Crippen LogP contribution < -0.4 is 0 Å². The van der Waals surface area contributed by atoms with Crippen LogP contribution in [0.4, 0.5) is 4.79 Å². The van der Waals surface area contributed by atoms with Crippen molar-refractivity contribution in [1.29, 1.82) is 0 Å². The van der Waals surface area contributed by atoms with Crippen molar-refractivity contribution in [3.63, 3.8) is 0 Å². The number of carbonyl (C=O) groups excluding carboxylic acids is 1. The molecule has 3 nitrogen and oxygen atoms in total. The third-order valence-corrected chi connectivity index (χ3v) is 3.79. The Morgan fingerprint density at radius 1 is 1.45 bits per heavy atom. The van der Waals surface area contributed by atoms with E-state index < -0.39 is 11.2 Å². The highest BCUT2D eigenvalue weighted by Crippen LogP contribution is 2.31. The predicted octanol–water partition coefficient (Wildman–Crippen LogP) is 0.723. The first-order valence-electron chi connectivity index (χ1n) is 3.98. The van der Waals surface area contributed by atoms with Crippen molar-refractivity contribution in [1.82, 2.24) is 4.90 Å². The second-order valence-corrected chi connectivity index (χ2v) is 4.71. The molecule has 2 rings (SSSR count). The van der Waals surface area contributed by atoms with Crippen LogP contribution >= 0.6 is 0 Å². The molecule has 1 aliphatic carbocycles. The van der Waals surface area contributed by atoms with Gasteiger partial charge < -0.3 is 4.55 Å². The topological polar surface area (TPSA) is 43.4 Å². The van der Waals surface area contributed by atoms with E-state index in [2.05, 4.69) is 0 Å². The first-order valence-corrected chi connectivity index (χ1v) is 5.20. The Labute approximate surface area is 68.9 Å². The molecular formula is C7H11NO2S. The minimum absolute atomic E-state index is 0.126. The molecule has 2 aliphatic rings. The maximum atomic E-state index is 11.3. The van der Waals surface area contributed by atoms with E-state index in [1.165, 1.54) is 0 Å². The molecule has 4 heteroatoms. The van der Waals surface area contributed by atoms with Gasteiger partial charge in [0.2, 0.25) is 0 Å². The van der Waals surface area contributed by atoms with Gasteiger partial charge in [-0.05, 0) is 6.42 Å². The van der Waals surface area contributed by atoms with E-state index in [0.29, 0.717) is 0 Å². The number of rotatable bonds is 1. The summed E-state index contributed by atoms with van der Waals surface area (Å²) in [6.45, 7) is 1.63. The van der Waals surface area contributed by atoms with Crippen LogP contribution in [0.25, 0.3) is 0 Å². The molecule has 1 saturated heterocycles. The number of carbonyl (C=O) groups is 1. The molecule has 0 bridgehead atoms. The number of nitrogens with zero attached hydrogens (tertiary/aromatic N) is 1. The second-order valence-electron chi connectivity index (χ2n) is 3.10. The Bertz CT molecular complexity index is 177. The van der Waals surface area contributed by atoms with Crippen LogP contribution in [0, 0.1) is 0 Å². The highest BCUT2D eigenvalue weighted by Gasteiger charge is 2.42. The van der Waals surface area contributed by atoms with E-state index in [1.54, 1.807) is 4.90 Å². The van der Waals surface area contributed by atoms with Crippen molar-refractivity contribution in [2.24, 2.45) is 0 Å². The fourth-order valence-corrected chi connectivity index (χ4v) is 2.34. The predicted molar refractivity (Wildman–Crippen MR) is 42.8 cm³/mol. The van der Waals surface area contributed by atoms with E-state index in [1.807, 2.05) is 0 Å². The molecule has 0 aromatic carbocycles. The molecule has 2 fully saturated rings. The molecule has 0 N–H and O–H groups in total. The number of likely N-dealkylation sites (tertiary alicyclic amines) is 1. The molecule has 62 valence electrons. The van der Waals surface area contributed by atoms with Gasteiger partial charge in [0.15, 0.2) is 0 Å². The van der Waals surface area contributed by atoms with Gasteiger partial charge in [-0.1, -0.05) is 0 Å². The smallest absolute Gasteiger partial charge is 0.429 e. The van der Waals surface area contributed by atoms with Gasteiger partial charge in [-0.15, -0.1) is 0 Å². The van der Waals surface area contributed by atoms with Crippen molar-refractivity contribution in [3.05, 3.63) is 0 Å². The van der Waals surface area contributed by atoms with Crippen molar-refractivity contribution in [3.8, 4) is 0 Å². The van der Waals surface area contributed by atoms with Crippen molar-refractivity contribution < 1.29 is 9.35 Å². The van der Waals surface area contributed by atoms with Gasteiger partial charge >= 0.3 is 5.24 Å². The summed E-state index contributed by atoms with van der Waals surface area (Å²) < 4.78 is 11.3. The van der Waals surface area contributed by atoms with Crippen LogP contribution in [0.2, 0.25) is 0 Å². The Balaban J connectivity index is 1.86. The molecule has 1 heterocycles. The monoisotopic (exact) mass is 173 g/mol. The third kappa shape index (κ3) is 1.37. The van der Waals surface area contributed by atoms with Gasteiger partial charge in [-0.25, -0.2) is 4.79 Å². The van der Waals surface area contributed by atoms with Crippen LogP contribution in [-0.4, -0.2) is 33.0 Å². The Kier molecular flexibility index (Phi) is 1.81. The van der Waals surface area contributed by atoms with Crippen LogP contribution in [0.1, 0.15) is 19.3 Å². The summed E-state index contributed by atoms with van der Waals surface area (Å²) in [7, 11) is 0. The van der Waals surface area contributed by atoms with Crippen molar-refractivity contribution in [2.75, 3.05) is 13.1 Å². The van der Waals surface area contributed by atoms with E-state index in [0.717, 1.165) is 32.4 Å². The fourth-order valence-electron chi connectivity index (χ4n) is 1.05. The molecule has 1 amide bonds. The first kappa shape index (κ1) is 7.43. The third-order valence-electron chi connectivity index (χ3n) is 2.11. The van der Waals surface area contributed by atoms with E-state index in [-0.39, 0.29) is 10.5 Å². The average Bonchev–Trinajstić information content (AvgIpc) is 2.62. The number of hydrogen-bond donors (Lipinski definition) is 0. The summed E-state index contributed by atoms with van der Waals surface area (Å²) in [5, 5.41) is 0.0712. The van der Waals surface area contributed by atoms with E-state index in [9.17, 15) is 9.35 Å². The van der Waals surface area contributed by atoms with Crippen LogP contribution in [-0.2, 0) is 11.2 Å². The molecule has 0 radical (unpaired) electrons. The molecule has 0 aromatic rings. The Hall–Kier alpha value is -0.220. The lowest BCUT2D eigenvalue weighted by Gasteiger charge is -2.29. The molecule has 0 spiro atoms. The molecule has 1 atom stereocenters. The number of amides is 1. The zero-order chi connectivity index (χ0) is 7.84. The number of hydrogen-bond acceptors (Lipinski definition) is 2. The minimum atomic E-state index is -1.20. The largest absolute Gasteiger partial charge is 0.607 e. The van der Waals surface area contributed by atoms with Crippen LogP contribution in [0.5, 0.6) is 0 Å². The summed E-state index contributed by atoms with van der Waals surface area (Å²) in [6.07, 6.45) is 3.03. The fraction of sp³-hybridized carbons (Fsp3) is 0.857. The Morgan fingerprint density at radius 3 is 2.45 bits per heavy atom. The quantitative estimate of drug-likeness (QED) is 0.548. The summed E-state index contributed by atoms with van der Waals surface area (Å²) in [4.78, 5) is 12.9. The summed E-state index contributed by atoms with van der Waals surface area (Å²) in [5.74, 6) is 0.